The molecule has 1 aromatic carbocycles. The number of unbranched alkanes of at least 4 members (excludes halogenated alkanes) is 2. The number of likely N-dealkylation sites (tertiary alicyclic amines) is 1. The fourth-order valence-electron chi connectivity index (χ4n) is 4.66. The fraction of sp³-hybridized carbons (Fsp3) is 0.708. The Morgan fingerprint density at radius 3 is 2.48 bits per heavy atom. The monoisotopic (exact) mass is 481 g/mol. The van der Waals surface area contributed by atoms with Gasteiger partial charge in [-0.1, -0.05) is 20.3 Å². The first-order valence-electron chi connectivity index (χ1n) is 12.2. The molecule has 0 saturated carbocycles. The predicted octanol–water partition coefficient (Wildman–Crippen LogP) is 2.78. The van der Waals surface area contributed by atoms with Crippen LogP contribution < -0.4 is 19.5 Å². The third-order valence-electron chi connectivity index (χ3n) is 6.11. The molecule has 2 aliphatic heterocycles. The molecule has 33 heavy (non-hydrogen) atoms. The number of carbonyl (C=O) groups excluding carboxylic acids is 1. The lowest BCUT2D eigenvalue weighted by Gasteiger charge is -2.34. The molecule has 8 nitrogen and oxygen atoms in total. The Morgan fingerprint density at radius 2 is 1.73 bits per heavy atom. The van der Waals surface area contributed by atoms with E-state index >= 15 is 0 Å². The van der Waals surface area contributed by atoms with Crippen molar-refractivity contribution in [2.24, 2.45) is 11.8 Å². The predicted molar refractivity (Wildman–Crippen MR) is 128 cm³/mol. The zero-order valence-electron chi connectivity index (χ0n) is 20.0. The van der Waals surface area contributed by atoms with Crippen molar-refractivity contribution in [2.75, 3.05) is 45.9 Å². The molecule has 3 rings (SSSR count). The highest BCUT2D eigenvalue weighted by Crippen LogP contribution is 2.32. The van der Waals surface area contributed by atoms with E-state index in [1.165, 1.54) is 18.6 Å². The largest absolute Gasteiger partial charge is 0.486 e. The maximum Gasteiger partial charge on any atom is 0.240 e. The molecule has 2 heterocycles. The van der Waals surface area contributed by atoms with E-state index in [-0.39, 0.29) is 10.8 Å². The van der Waals surface area contributed by atoms with Crippen LogP contribution in [0.1, 0.15) is 52.4 Å². The molecule has 9 heteroatoms. The van der Waals surface area contributed by atoms with Crippen LogP contribution in [0.3, 0.4) is 0 Å². The minimum Gasteiger partial charge on any atom is -0.486 e. The topological polar surface area (TPSA) is 97.0 Å². The SMILES string of the molecule is CC1CC(C)CN(CCCNC(=O)CCCCCNS(=O)(=O)c2ccc3c(c2)OCCO3)C1. The fourth-order valence-corrected chi connectivity index (χ4v) is 5.75. The van der Waals surface area contributed by atoms with Gasteiger partial charge in [0.15, 0.2) is 11.5 Å². The number of fused-ring (bicyclic) bond motifs is 1. The van der Waals surface area contributed by atoms with Crippen molar-refractivity contribution in [3.8, 4) is 11.5 Å². The summed E-state index contributed by atoms with van der Waals surface area (Å²) >= 11 is 0. The first kappa shape index (κ1) is 25.8. The van der Waals surface area contributed by atoms with Gasteiger partial charge >= 0.3 is 0 Å². The van der Waals surface area contributed by atoms with Gasteiger partial charge in [0, 0.05) is 38.7 Å². The number of nitrogens with zero attached hydrogens (tertiary/aromatic N) is 1. The van der Waals surface area contributed by atoms with E-state index < -0.39 is 10.0 Å². The molecule has 0 radical (unpaired) electrons. The molecular formula is C24H39N3O5S. The van der Waals surface area contributed by atoms with Gasteiger partial charge in [-0.15, -0.1) is 0 Å². The van der Waals surface area contributed by atoms with Crippen LogP contribution in [-0.4, -0.2) is 65.2 Å². The van der Waals surface area contributed by atoms with Gasteiger partial charge in [-0.25, -0.2) is 13.1 Å². The zero-order valence-corrected chi connectivity index (χ0v) is 20.8. The second-order valence-corrected chi connectivity index (χ2v) is 11.2. The van der Waals surface area contributed by atoms with Crippen LogP contribution in [0.15, 0.2) is 23.1 Å². The van der Waals surface area contributed by atoms with Gasteiger partial charge in [0.05, 0.1) is 4.90 Å². The van der Waals surface area contributed by atoms with Gasteiger partial charge in [-0.2, -0.15) is 0 Å². The lowest BCUT2D eigenvalue weighted by molar-refractivity contribution is -0.121. The number of amides is 1. The molecule has 2 aliphatic rings. The third kappa shape index (κ3) is 8.46. The summed E-state index contributed by atoms with van der Waals surface area (Å²) in [6.45, 7) is 9.92. The maximum atomic E-state index is 12.5. The molecule has 0 aliphatic carbocycles. The third-order valence-corrected chi connectivity index (χ3v) is 7.57. The Bertz CT molecular complexity index is 867. The van der Waals surface area contributed by atoms with E-state index in [0.717, 1.165) is 50.7 Å². The second-order valence-electron chi connectivity index (χ2n) is 9.42. The molecule has 1 aromatic rings. The van der Waals surface area contributed by atoms with Crippen molar-refractivity contribution < 1.29 is 22.7 Å². The molecule has 186 valence electrons. The average molecular weight is 482 g/mol. The van der Waals surface area contributed by atoms with Gasteiger partial charge in [0.25, 0.3) is 0 Å². The highest BCUT2D eigenvalue weighted by Gasteiger charge is 2.21. The van der Waals surface area contributed by atoms with E-state index in [1.807, 2.05) is 0 Å². The molecule has 0 aromatic heterocycles. The first-order chi connectivity index (χ1) is 15.8. The van der Waals surface area contributed by atoms with E-state index in [4.69, 9.17) is 9.47 Å². The number of rotatable bonds is 12. The number of hydrogen-bond donors (Lipinski definition) is 2. The number of piperidine rings is 1. The van der Waals surface area contributed by atoms with Gasteiger partial charge in [-0.3, -0.25) is 4.79 Å². The van der Waals surface area contributed by atoms with Crippen molar-refractivity contribution in [2.45, 2.75) is 57.3 Å². The van der Waals surface area contributed by atoms with Crippen molar-refractivity contribution in [3.63, 3.8) is 0 Å². The van der Waals surface area contributed by atoms with E-state index in [9.17, 15) is 13.2 Å². The Labute approximate surface area is 198 Å². The minimum atomic E-state index is -3.60. The molecule has 0 spiro atoms. The molecule has 2 N–H and O–H groups in total. The van der Waals surface area contributed by atoms with E-state index in [0.29, 0.717) is 50.6 Å². The summed E-state index contributed by atoms with van der Waals surface area (Å²) in [5, 5.41) is 3.01. The number of sulfonamides is 1. The summed E-state index contributed by atoms with van der Waals surface area (Å²) < 4.78 is 38.5. The Kier molecular flexibility index (Phi) is 9.82. The molecular weight excluding hydrogens is 442 g/mol. The Balaban J connectivity index is 1.23. The van der Waals surface area contributed by atoms with Crippen LogP contribution in [0.2, 0.25) is 0 Å². The number of ether oxygens (including phenoxy) is 2. The molecule has 0 bridgehead atoms. The summed E-state index contributed by atoms with van der Waals surface area (Å²) in [5.74, 6) is 2.61. The van der Waals surface area contributed by atoms with Crippen molar-refractivity contribution in [3.05, 3.63) is 18.2 Å². The maximum absolute atomic E-state index is 12.5. The summed E-state index contributed by atoms with van der Waals surface area (Å²) in [7, 11) is -3.60. The number of hydrogen-bond acceptors (Lipinski definition) is 6. The molecule has 1 fully saturated rings. The quantitative estimate of drug-likeness (QED) is 0.446. The van der Waals surface area contributed by atoms with Crippen LogP contribution in [-0.2, 0) is 14.8 Å². The lowest BCUT2D eigenvalue weighted by atomic mass is 9.92. The summed E-state index contributed by atoms with van der Waals surface area (Å²) in [6.07, 6.45) is 4.99. The highest BCUT2D eigenvalue weighted by molar-refractivity contribution is 7.89. The van der Waals surface area contributed by atoms with Gasteiger partial charge in [0.2, 0.25) is 15.9 Å². The smallest absolute Gasteiger partial charge is 0.240 e. The summed E-state index contributed by atoms with van der Waals surface area (Å²) in [4.78, 5) is 14.7. The number of carbonyl (C=O) groups is 1. The van der Waals surface area contributed by atoms with Crippen LogP contribution in [0, 0.1) is 11.8 Å². The van der Waals surface area contributed by atoms with Gasteiger partial charge < -0.3 is 19.7 Å². The number of nitrogens with one attached hydrogen (secondary N) is 2. The first-order valence-corrected chi connectivity index (χ1v) is 13.7. The van der Waals surface area contributed by atoms with E-state index in [1.54, 1.807) is 6.07 Å². The summed E-state index contributed by atoms with van der Waals surface area (Å²) in [6, 6.07) is 4.63. The average Bonchev–Trinajstić information content (AvgIpc) is 2.78. The molecule has 1 saturated heterocycles. The van der Waals surface area contributed by atoms with Crippen LogP contribution in [0.25, 0.3) is 0 Å². The molecule has 2 atom stereocenters. The van der Waals surface area contributed by atoms with Crippen molar-refractivity contribution in [1.82, 2.24) is 14.9 Å². The Morgan fingerprint density at radius 1 is 1.00 bits per heavy atom. The molecule has 2 unspecified atom stereocenters. The summed E-state index contributed by atoms with van der Waals surface area (Å²) in [5.41, 5.74) is 0. The standard InChI is InChI=1S/C24H39N3O5S/c1-19-15-20(2)18-27(17-19)12-6-10-25-24(28)7-4-3-5-11-26-33(29,30)21-8-9-22-23(16-21)32-14-13-31-22/h8-9,16,19-20,26H,3-7,10-15,17-18H2,1-2H3,(H,25,28). The van der Waals surface area contributed by atoms with Gasteiger partial charge in [0.1, 0.15) is 13.2 Å². The minimum absolute atomic E-state index is 0.0761. The van der Waals surface area contributed by atoms with Crippen LogP contribution in [0.5, 0.6) is 11.5 Å². The van der Waals surface area contributed by atoms with E-state index in [2.05, 4.69) is 28.8 Å². The molecule has 1 amide bonds. The lowest BCUT2D eigenvalue weighted by Crippen LogP contribution is -2.40. The van der Waals surface area contributed by atoms with Crippen molar-refractivity contribution >= 4 is 15.9 Å². The normalized spacial score (nSPS) is 21.0. The van der Waals surface area contributed by atoms with Crippen molar-refractivity contribution in [1.29, 1.82) is 0 Å². The Hall–Kier alpha value is -1.84. The van der Waals surface area contributed by atoms with Gasteiger partial charge in [-0.05, 0) is 56.2 Å². The van der Waals surface area contributed by atoms with Crippen LogP contribution >= 0.6 is 0 Å². The highest BCUT2D eigenvalue weighted by atomic mass is 32.2. The van der Waals surface area contributed by atoms with Crippen LogP contribution in [0.4, 0.5) is 0 Å². The number of benzene rings is 1. The zero-order chi connectivity index (χ0) is 23.7. The second kappa shape index (κ2) is 12.6.